The topological polar surface area (TPSA) is 29.3 Å². The molecule has 0 aromatic heterocycles. The number of nitrogens with two attached hydrogens (primary N) is 1. The third kappa shape index (κ3) is 14200. The molecule has 7 heavy (non-hydrogen) atoms. The largest absolute Gasteiger partial charge is 0.269 e. The number of hydrogen-bond acceptors (Lipinski definition) is 2. The first-order chi connectivity index (χ1) is 3.15. The summed E-state index contributed by atoms with van der Waals surface area (Å²) >= 11 is 0. The monoisotopic (exact) mass is 104 g/mol. The van der Waals surface area contributed by atoms with Crippen molar-refractivity contribution in [2.75, 3.05) is 14.1 Å². The second kappa shape index (κ2) is 9.33. The lowest BCUT2D eigenvalue weighted by Gasteiger charge is -1.91. The highest BCUT2D eigenvalue weighted by Crippen LogP contribution is 1.56. The lowest BCUT2D eigenvalue weighted by atomic mass is 10.6. The van der Waals surface area contributed by atoms with E-state index in [2.05, 4.69) is 13.8 Å². The molecule has 0 aliphatic carbocycles. The molecular weight excluding hydrogens is 88.1 g/mol. The van der Waals surface area contributed by atoms with E-state index < -0.39 is 0 Å². The van der Waals surface area contributed by atoms with E-state index in [1.165, 1.54) is 11.4 Å². The zero-order valence-electron chi connectivity index (χ0n) is 5.73. The molecule has 2 heteroatoms. The molecular formula is C5H16N2. The first-order valence-electron chi connectivity index (χ1n) is 2.57. The van der Waals surface area contributed by atoms with Gasteiger partial charge in [0.1, 0.15) is 0 Å². The predicted molar refractivity (Wildman–Crippen MR) is 33.8 cm³/mol. The van der Waals surface area contributed by atoms with Gasteiger partial charge in [0, 0.05) is 14.1 Å². The molecule has 0 radical (unpaired) electrons. The summed E-state index contributed by atoms with van der Waals surface area (Å²) in [5.74, 6) is 4.94. The molecule has 0 fully saturated rings. The molecule has 0 spiro atoms. The van der Waals surface area contributed by atoms with Crippen molar-refractivity contribution < 1.29 is 0 Å². The molecule has 0 aromatic carbocycles. The Morgan fingerprint density at radius 1 is 1.29 bits per heavy atom. The van der Waals surface area contributed by atoms with Crippen LogP contribution in [0.25, 0.3) is 0 Å². The first-order valence-corrected chi connectivity index (χ1v) is 2.57. The minimum Gasteiger partial charge on any atom is -0.269 e. The molecule has 0 amide bonds. The molecule has 0 unspecified atom stereocenters. The van der Waals surface area contributed by atoms with E-state index in [9.17, 15) is 0 Å². The van der Waals surface area contributed by atoms with Crippen LogP contribution in [0.5, 0.6) is 0 Å². The van der Waals surface area contributed by atoms with Crippen molar-refractivity contribution in [2.45, 2.75) is 20.3 Å². The fourth-order valence-corrected chi connectivity index (χ4v) is 0. The van der Waals surface area contributed by atoms with Gasteiger partial charge >= 0.3 is 0 Å². The van der Waals surface area contributed by atoms with Gasteiger partial charge < -0.3 is 0 Å². The normalized spacial score (nSPS) is 7.71. The summed E-state index contributed by atoms with van der Waals surface area (Å²) in [6.07, 6.45) is 1.25. The summed E-state index contributed by atoms with van der Waals surface area (Å²) < 4.78 is 0. The highest BCUT2D eigenvalue weighted by atomic mass is 15.4. The molecule has 0 rings (SSSR count). The van der Waals surface area contributed by atoms with Crippen LogP contribution in [0.4, 0.5) is 0 Å². The fourth-order valence-electron chi connectivity index (χ4n) is 0. The maximum Gasteiger partial charge on any atom is 0.00105 e. The molecule has 0 atom stereocenters. The second-order valence-electron chi connectivity index (χ2n) is 1.67. The number of rotatable bonds is 0. The SMILES string of the molecule is CCC.CN(C)N. The van der Waals surface area contributed by atoms with Crippen molar-refractivity contribution in [1.82, 2.24) is 5.01 Å². The zero-order chi connectivity index (χ0) is 6.28. The van der Waals surface area contributed by atoms with Crippen LogP contribution >= 0.6 is 0 Å². The lowest BCUT2D eigenvalue weighted by Crippen LogP contribution is -2.18. The molecule has 0 bridgehead atoms. The minimum atomic E-state index is 1.25. The third-order valence-corrected chi connectivity index (χ3v) is 0. The van der Waals surface area contributed by atoms with Crippen molar-refractivity contribution >= 4 is 0 Å². The molecule has 0 saturated carbocycles. The van der Waals surface area contributed by atoms with E-state index in [1.807, 2.05) is 0 Å². The zero-order valence-corrected chi connectivity index (χ0v) is 5.73. The Bertz CT molecular complexity index is 17.3. The van der Waals surface area contributed by atoms with Crippen LogP contribution in [-0.4, -0.2) is 19.1 Å². The summed E-state index contributed by atoms with van der Waals surface area (Å²) in [5.41, 5.74) is 0. The van der Waals surface area contributed by atoms with Crippen molar-refractivity contribution in [3.05, 3.63) is 0 Å². The van der Waals surface area contributed by atoms with Gasteiger partial charge in [0.05, 0.1) is 0 Å². The highest BCUT2D eigenvalue weighted by molar-refractivity contribution is 4.01. The first kappa shape index (κ1) is 10.0. The Hall–Kier alpha value is -0.0800. The quantitative estimate of drug-likeness (QED) is 0.364. The predicted octanol–water partition coefficient (Wildman–Crippen LogP) is 0.838. The fraction of sp³-hybridized carbons (Fsp3) is 1.00. The van der Waals surface area contributed by atoms with E-state index >= 15 is 0 Å². The average Bonchev–Trinajstić information content (AvgIpc) is 1.33. The Labute approximate surface area is 46.3 Å². The standard InChI is InChI=1S/C3H8.C2H8N2/c1-3-2;1-4(2)3/h3H2,1-2H3;3H2,1-2H3. The van der Waals surface area contributed by atoms with E-state index in [0.717, 1.165) is 0 Å². The van der Waals surface area contributed by atoms with Crippen LogP contribution in [0.1, 0.15) is 20.3 Å². The Morgan fingerprint density at radius 3 is 1.29 bits per heavy atom. The van der Waals surface area contributed by atoms with Gasteiger partial charge in [-0.05, 0) is 0 Å². The van der Waals surface area contributed by atoms with Crippen LogP contribution in [0.3, 0.4) is 0 Å². The Kier molecular flexibility index (Phi) is 13.3. The van der Waals surface area contributed by atoms with Crippen LogP contribution in [0.2, 0.25) is 0 Å². The Morgan fingerprint density at radius 2 is 1.29 bits per heavy atom. The van der Waals surface area contributed by atoms with E-state index in [1.54, 1.807) is 14.1 Å². The van der Waals surface area contributed by atoms with Crippen LogP contribution in [-0.2, 0) is 0 Å². The van der Waals surface area contributed by atoms with Gasteiger partial charge in [0.25, 0.3) is 0 Å². The molecule has 0 heterocycles. The van der Waals surface area contributed by atoms with Crippen LogP contribution in [0, 0.1) is 0 Å². The van der Waals surface area contributed by atoms with Gasteiger partial charge in [0.2, 0.25) is 0 Å². The number of nitrogens with zero attached hydrogens (tertiary/aromatic N) is 1. The van der Waals surface area contributed by atoms with E-state index in [0.29, 0.717) is 0 Å². The molecule has 0 aliphatic heterocycles. The van der Waals surface area contributed by atoms with Crippen LogP contribution < -0.4 is 5.84 Å². The smallest absolute Gasteiger partial charge is 0.00105 e. The highest BCUT2D eigenvalue weighted by Gasteiger charge is 1.57. The average molecular weight is 104 g/mol. The Balaban J connectivity index is 0. The molecule has 0 aliphatic rings. The second-order valence-corrected chi connectivity index (χ2v) is 1.67. The summed E-state index contributed by atoms with van der Waals surface area (Å²) in [7, 11) is 3.56. The molecule has 2 N–H and O–H groups in total. The summed E-state index contributed by atoms with van der Waals surface area (Å²) in [6, 6.07) is 0. The minimum absolute atomic E-state index is 1.25. The number of hydrogen-bond donors (Lipinski definition) is 1. The third-order valence-electron chi connectivity index (χ3n) is 0. The number of hydrazine groups is 1. The van der Waals surface area contributed by atoms with Crippen molar-refractivity contribution in [1.29, 1.82) is 0 Å². The van der Waals surface area contributed by atoms with Gasteiger partial charge in [0.15, 0.2) is 0 Å². The molecule has 0 saturated heterocycles. The van der Waals surface area contributed by atoms with Gasteiger partial charge in [-0.1, -0.05) is 20.3 Å². The molecule has 2 nitrogen and oxygen atoms in total. The van der Waals surface area contributed by atoms with Gasteiger partial charge in [-0.3, -0.25) is 10.9 Å². The van der Waals surface area contributed by atoms with Crippen molar-refractivity contribution in [2.24, 2.45) is 5.84 Å². The van der Waals surface area contributed by atoms with Gasteiger partial charge in [-0.2, -0.15) is 0 Å². The molecule has 46 valence electrons. The summed E-state index contributed by atoms with van der Waals surface area (Å²) in [4.78, 5) is 0. The van der Waals surface area contributed by atoms with Gasteiger partial charge in [-0.15, -0.1) is 0 Å². The summed E-state index contributed by atoms with van der Waals surface area (Å²) in [5, 5.41) is 1.50. The van der Waals surface area contributed by atoms with E-state index in [-0.39, 0.29) is 0 Å². The van der Waals surface area contributed by atoms with Crippen molar-refractivity contribution in [3.63, 3.8) is 0 Å². The van der Waals surface area contributed by atoms with Crippen LogP contribution in [0.15, 0.2) is 0 Å². The van der Waals surface area contributed by atoms with Gasteiger partial charge in [-0.25, -0.2) is 0 Å². The maximum atomic E-state index is 4.94. The summed E-state index contributed by atoms with van der Waals surface area (Å²) in [6.45, 7) is 4.25. The maximum absolute atomic E-state index is 4.94. The van der Waals surface area contributed by atoms with E-state index in [4.69, 9.17) is 5.84 Å². The molecule has 0 aromatic rings. The van der Waals surface area contributed by atoms with Crippen molar-refractivity contribution in [3.8, 4) is 0 Å². The lowest BCUT2D eigenvalue weighted by molar-refractivity contribution is 0.432.